The van der Waals surface area contributed by atoms with Crippen LogP contribution in [0.2, 0.25) is 5.02 Å². The van der Waals surface area contributed by atoms with Crippen molar-refractivity contribution >= 4 is 29.1 Å². The standard InChI is InChI=1S/C19H19ClN2O2/c1-22-17-5-3-2-4-15(17)16(12-18(22)23)19(24)21-11-10-13-6-8-14(20)9-7-13/h2-9,16H,10-12H2,1H3,(H,21,24). The van der Waals surface area contributed by atoms with E-state index in [2.05, 4.69) is 5.32 Å². The minimum Gasteiger partial charge on any atom is -0.355 e. The average Bonchev–Trinajstić information content (AvgIpc) is 2.60. The van der Waals surface area contributed by atoms with Crippen LogP contribution in [0.5, 0.6) is 0 Å². The molecular weight excluding hydrogens is 324 g/mol. The molecule has 1 unspecified atom stereocenters. The molecule has 2 aromatic rings. The molecule has 0 bridgehead atoms. The van der Waals surface area contributed by atoms with Gasteiger partial charge in [-0.2, -0.15) is 0 Å². The number of carbonyl (C=O) groups is 2. The molecule has 5 heteroatoms. The number of amides is 2. The molecule has 124 valence electrons. The van der Waals surface area contributed by atoms with E-state index < -0.39 is 5.92 Å². The lowest BCUT2D eigenvalue weighted by atomic mass is 9.89. The topological polar surface area (TPSA) is 49.4 Å². The van der Waals surface area contributed by atoms with Crippen molar-refractivity contribution in [3.8, 4) is 0 Å². The second-order valence-corrected chi connectivity index (χ2v) is 6.37. The van der Waals surface area contributed by atoms with E-state index in [0.717, 1.165) is 23.2 Å². The number of rotatable bonds is 4. The lowest BCUT2D eigenvalue weighted by Gasteiger charge is -2.30. The Kier molecular flexibility index (Phi) is 4.86. The summed E-state index contributed by atoms with van der Waals surface area (Å²) >= 11 is 5.87. The summed E-state index contributed by atoms with van der Waals surface area (Å²) in [6, 6.07) is 15.1. The fourth-order valence-corrected chi connectivity index (χ4v) is 3.11. The highest BCUT2D eigenvalue weighted by molar-refractivity contribution is 6.30. The van der Waals surface area contributed by atoms with Gasteiger partial charge in [-0.25, -0.2) is 0 Å². The number of para-hydroxylation sites is 1. The molecule has 0 aromatic heterocycles. The number of halogens is 1. The minimum atomic E-state index is -0.421. The van der Waals surface area contributed by atoms with Crippen LogP contribution in [0.4, 0.5) is 5.69 Å². The summed E-state index contributed by atoms with van der Waals surface area (Å²) in [5, 5.41) is 3.65. The first-order chi connectivity index (χ1) is 11.6. The summed E-state index contributed by atoms with van der Waals surface area (Å²) in [4.78, 5) is 26.3. The van der Waals surface area contributed by atoms with Gasteiger partial charge in [0.25, 0.3) is 0 Å². The minimum absolute atomic E-state index is 0.0356. The molecule has 24 heavy (non-hydrogen) atoms. The van der Waals surface area contributed by atoms with Gasteiger partial charge >= 0.3 is 0 Å². The molecule has 0 aliphatic carbocycles. The lowest BCUT2D eigenvalue weighted by molar-refractivity contribution is -0.127. The first-order valence-electron chi connectivity index (χ1n) is 7.94. The maximum Gasteiger partial charge on any atom is 0.228 e. The second-order valence-electron chi connectivity index (χ2n) is 5.94. The van der Waals surface area contributed by atoms with E-state index in [1.165, 1.54) is 0 Å². The predicted octanol–water partition coefficient (Wildman–Crippen LogP) is 3.15. The maximum atomic E-state index is 12.6. The summed E-state index contributed by atoms with van der Waals surface area (Å²) < 4.78 is 0. The molecule has 2 aromatic carbocycles. The van der Waals surface area contributed by atoms with E-state index in [-0.39, 0.29) is 18.2 Å². The number of nitrogens with one attached hydrogen (secondary N) is 1. The fraction of sp³-hybridized carbons (Fsp3) is 0.263. The zero-order valence-corrected chi connectivity index (χ0v) is 14.2. The normalized spacial score (nSPS) is 16.7. The van der Waals surface area contributed by atoms with Gasteiger partial charge in [-0.3, -0.25) is 9.59 Å². The Labute approximate surface area is 146 Å². The number of fused-ring (bicyclic) bond motifs is 1. The van der Waals surface area contributed by atoms with Gasteiger partial charge in [-0.1, -0.05) is 41.9 Å². The monoisotopic (exact) mass is 342 g/mol. The Bertz CT molecular complexity index is 758. The first kappa shape index (κ1) is 16.5. The summed E-state index contributed by atoms with van der Waals surface area (Å²) in [5.41, 5.74) is 2.83. The van der Waals surface area contributed by atoms with Crippen molar-refractivity contribution in [1.29, 1.82) is 0 Å². The highest BCUT2D eigenvalue weighted by Gasteiger charge is 2.33. The number of nitrogens with zero attached hydrogens (tertiary/aromatic N) is 1. The molecular formula is C19H19ClN2O2. The molecule has 4 nitrogen and oxygen atoms in total. The van der Waals surface area contributed by atoms with E-state index in [1.807, 2.05) is 48.5 Å². The Hall–Kier alpha value is -2.33. The third kappa shape index (κ3) is 3.44. The Morgan fingerprint density at radius 1 is 1.21 bits per heavy atom. The third-order valence-electron chi connectivity index (χ3n) is 4.37. The zero-order chi connectivity index (χ0) is 17.1. The van der Waals surface area contributed by atoms with Crippen LogP contribution < -0.4 is 10.2 Å². The number of hydrogen-bond donors (Lipinski definition) is 1. The van der Waals surface area contributed by atoms with Crippen molar-refractivity contribution in [3.05, 3.63) is 64.7 Å². The van der Waals surface area contributed by atoms with E-state index in [4.69, 9.17) is 11.6 Å². The molecule has 2 amide bonds. The number of anilines is 1. The predicted molar refractivity (Wildman–Crippen MR) is 95.4 cm³/mol. The Morgan fingerprint density at radius 2 is 1.92 bits per heavy atom. The molecule has 0 saturated carbocycles. The van der Waals surface area contributed by atoms with Gasteiger partial charge in [0.2, 0.25) is 11.8 Å². The number of hydrogen-bond acceptors (Lipinski definition) is 2. The molecule has 0 fully saturated rings. The molecule has 1 aliphatic heterocycles. The Balaban J connectivity index is 1.65. The van der Waals surface area contributed by atoms with Crippen LogP contribution in [0.3, 0.4) is 0 Å². The number of benzene rings is 2. The quantitative estimate of drug-likeness (QED) is 0.928. The molecule has 1 heterocycles. The molecule has 3 rings (SSSR count). The van der Waals surface area contributed by atoms with Gasteiger partial charge in [0, 0.05) is 30.7 Å². The highest BCUT2D eigenvalue weighted by Crippen LogP contribution is 2.35. The summed E-state index contributed by atoms with van der Waals surface area (Å²) in [6.45, 7) is 0.531. The SMILES string of the molecule is CN1C(=O)CC(C(=O)NCCc2ccc(Cl)cc2)c2ccccc21. The number of carbonyl (C=O) groups excluding carboxylic acids is 2. The molecule has 1 atom stereocenters. The van der Waals surface area contributed by atoms with Gasteiger partial charge in [0.1, 0.15) is 0 Å². The largest absolute Gasteiger partial charge is 0.355 e. The van der Waals surface area contributed by atoms with Crippen LogP contribution in [-0.4, -0.2) is 25.4 Å². The van der Waals surface area contributed by atoms with Crippen molar-refractivity contribution in [3.63, 3.8) is 0 Å². The van der Waals surface area contributed by atoms with Crippen molar-refractivity contribution < 1.29 is 9.59 Å². The van der Waals surface area contributed by atoms with Gasteiger partial charge in [-0.05, 0) is 35.7 Å². The van der Waals surface area contributed by atoms with Crippen molar-refractivity contribution in [2.45, 2.75) is 18.8 Å². The van der Waals surface area contributed by atoms with E-state index in [0.29, 0.717) is 11.6 Å². The third-order valence-corrected chi connectivity index (χ3v) is 4.62. The van der Waals surface area contributed by atoms with E-state index in [1.54, 1.807) is 11.9 Å². The highest BCUT2D eigenvalue weighted by atomic mass is 35.5. The average molecular weight is 343 g/mol. The molecule has 1 N–H and O–H groups in total. The van der Waals surface area contributed by atoms with Gasteiger partial charge in [0.15, 0.2) is 0 Å². The smallest absolute Gasteiger partial charge is 0.228 e. The van der Waals surface area contributed by atoms with Crippen LogP contribution in [0.1, 0.15) is 23.5 Å². The Morgan fingerprint density at radius 3 is 2.67 bits per heavy atom. The second kappa shape index (κ2) is 7.05. The summed E-state index contributed by atoms with van der Waals surface area (Å²) in [5.74, 6) is -0.556. The van der Waals surface area contributed by atoms with Crippen LogP contribution in [0.15, 0.2) is 48.5 Å². The van der Waals surface area contributed by atoms with E-state index >= 15 is 0 Å². The van der Waals surface area contributed by atoms with E-state index in [9.17, 15) is 9.59 Å². The first-order valence-corrected chi connectivity index (χ1v) is 8.31. The molecule has 0 saturated heterocycles. The van der Waals surface area contributed by atoms with Crippen molar-refractivity contribution in [2.24, 2.45) is 0 Å². The van der Waals surface area contributed by atoms with Crippen molar-refractivity contribution in [2.75, 3.05) is 18.5 Å². The molecule has 1 aliphatic rings. The molecule has 0 spiro atoms. The van der Waals surface area contributed by atoms with Crippen LogP contribution in [-0.2, 0) is 16.0 Å². The van der Waals surface area contributed by atoms with Crippen LogP contribution in [0.25, 0.3) is 0 Å². The van der Waals surface area contributed by atoms with Crippen molar-refractivity contribution in [1.82, 2.24) is 5.32 Å². The van der Waals surface area contributed by atoms with Crippen LogP contribution >= 0.6 is 11.6 Å². The fourth-order valence-electron chi connectivity index (χ4n) is 2.98. The van der Waals surface area contributed by atoms with Gasteiger partial charge in [-0.15, -0.1) is 0 Å². The lowest BCUT2D eigenvalue weighted by Crippen LogP contribution is -2.39. The van der Waals surface area contributed by atoms with Gasteiger partial charge < -0.3 is 10.2 Å². The maximum absolute atomic E-state index is 12.6. The zero-order valence-electron chi connectivity index (χ0n) is 13.5. The van der Waals surface area contributed by atoms with Crippen LogP contribution in [0, 0.1) is 0 Å². The van der Waals surface area contributed by atoms with Gasteiger partial charge in [0.05, 0.1) is 5.92 Å². The summed E-state index contributed by atoms with van der Waals surface area (Å²) in [6.07, 6.45) is 0.936. The summed E-state index contributed by atoms with van der Waals surface area (Å²) in [7, 11) is 1.75. The molecule has 0 radical (unpaired) electrons.